The number of anilines is 1. The molecule has 6 heteroatoms. The van der Waals surface area contributed by atoms with Gasteiger partial charge < -0.3 is 20.6 Å². The van der Waals surface area contributed by atoms with Crippen LogP contribution in [-0.2, 0) is 0 Å². The number of aliphatic hydroxyl groups is 1. The van der Waals surface area contributed by atoms with Crippen LogP contribution in [-0.4, -0.2) is 37.2 Å². The van der Waals surface area contributed by atoms with E-state index in [2.05, 4.69) is 51.7 Å². The van der Waals surface area contributed by atoms with Gasteiger partial charge in [0.1, 0.15) is 0 Å². The van der Waals surface area contributed by atoms with Gasteiger partial charge in [0.15, 0.2) is 5.96 Å². The zero-order chi connectivity index (χ0) is 20.6. The number of aliphatic imine (C=N–C) groups is 1. The van der Waals surface area contributed by atoms with Gasteiger partial charge in [0, 0.05) is 25.3 Å². The number of nitrogens with one attached hydrogen (secondary N) is 2. The van der Waals surface area contributed by atoms with Crippen molar-refractivity contribution in [1.29, 1.82) is 0 Å². The highest BCUT2D eigenvalue weighted by molar-refractivity contribution is 14.0. The molecule has 1 aliphatic rings. The summed E-state index contributed by atoms with van der Waals surface area (Å²) in [5.74, 6) is 0.720. The Labute approximate surface area is 198 Å². The Morgan fingerprint density at radius 1 is 1.10 bits per heavy atom. The first-order valence-corrected chi connectivity index (χ1v) is 10.7. The van der Waals surface area contributed by atoms with Crippen molar-refractivity contribution >= 4 is 35.6 Å². The van der Waals surface area contributed by atoms with Gasteiger partial charge >= 0.3 is 0 Å². The molecule has 0 bridgehead atoms. The Bertz CT molecular complexity index is 803. The quantitative estimate of drug-likeness (QED) is 0.284. The number of rotatable bonds is 7. The lowest BCUT2D eigenvalue weighted by Crippen LogP contribution is -2.39. The normalized spacial score (nSPS) is 16.0. The summed E-state index contributed by atoms with van der Waals surface area (Å²) in [4.78, 5) is 7.06. The average Bonchev–Trinajstić information content (AvgIpc) is 3.27. The van der Waals surface area contributed by atoms with E-state index in [9.17, 15) is 5.11 Å². The Kier molecular flexibility index (Phi) is 9.91. The van der Waals surface area contributed by atoms with Crippen LogP contribution in [0, 0.1) is 6.92 Å². The van der Waals surface area contributed by atoms with Gasteiger partial charge in [-0.25, -0.2) is 0 Å². The second-order valence-electron chi connectivity index (χ2n) is 7.80. The SMILES string of the molecule is CCNC(=NCC(O)c1ccc(C)cc1)NC(C)c1cccc(N2CCCC2)c1.I. The number of hydrogen-bond acceptors (Lipinski definition) is 3. The topological polar surface area (TPSA) is 59.9 Å². The van der Waals surface area contributed by atoms with Crippen LogP contribution < -0.4 is 15.5 Å². The van der Waals surface area contributed by atoms with Gasteiger partial charge in [-0.15, -0.1) is 24.0 Å². The van der Waals surface area contributed by atoms with Crippen molar-refractivity contribution in [3.8, 4) is 0 Å². The summed E-state index contributed by atoms with van der Waals surface area (Å²) < 4.78 is 0. The molecule has 1 fully saturated rings. The number of benzene rings is 2. The van der Waals surface area contributed by atoms with Gasteiger partial charge in [-0.2, -0.15) is 0 Å². The van der Waals surface area contributed by atoms with Crippen molar-refractivity contribution < 1.29 is 5.11 Å². The summed E-state index contributed by atoms with van der Waals surface area (Å²) in [6.45, 7) is 9.62. The van der Waals surface area contributed by atoms with Crippen molar-refractivity contribution in [2.24, 2.45) is 4.99 Å². The third kappa shape index (κ3) is 6.87. The minimum atomic E-state index is -0.611. The van der Waals surface area contributed by atoms with E-state index >= 15 is 0 Å². The predicted octanol–water partition coefficient (Wildman–Crippen LogP) is 4.56. The highest BCUT2D eigenvalue weighted by atomic mass is 127. The Morgan fingerprint density at radius 2 is 1.80 bits per heavy atom. The lowest BCUT2D eigenvalue weighted by molar-refractivity contribution is 0.187. The van der Waals surface area contributed by atoms with Crippen molar-refractivity contribution in [1.82, 2.24) is 10.6 Å². The molecule has 1 aliphatic heterocycles. The fraction of sp³-hybridized carbons (Fsp3) is 0.458. The van der Waals surface area contributed by atoms with E-state index in [-0.39, 0.29) is 30.0 Å². The highest BCUT2D eigenvalue weighted by Gasteiger charge is 2.15. The summed E-state index contributed by atoms with van der Waals surface area (Å²) in [6.07, 6.45) is 1.94. The molecule has 0 aliphatic carbocycles. The number of nitrogens with zero attached hydrogens (tertiary/aromatic N) is 2. The van der Waals surface area contributed by atoms with Gasteiger partial charge in [0.25, 0.3) is 0 Å². The molecule has 0 amide bonds. The molecule has 2 aromatic rings. The zero-order valence-electron chi connectivity index (χ0n) is 18.3. The zero-order valence-corrected chi connectivity index (χ0v) is 20.6. The van der Waals surface area contributed by atoms with Gasteiger partial charge in [-0.3, -0.25) is 4.99 Å². The van der Waals surface area contributed by atoms with Crippen LogP contribution in [0.3, 0.4) is 0 Å². The molecule has 164 valence electrons. The largest absolute Gasteiger partial charge is 0.386 e. The van der Waals surface area contributed by atoms with E-state index in [1.807, 2.05) is 38.1 Å². The van der Waals surface area contributed by atoms with Crippen LogP contribution in [0.15, 0.2) is 53.5 Å². The van der Waals surface area contributed by atoms with E-state index in [1.165, 1.54) is 29.7 Å². The van der Waals surface area contributed by atoms with Crippen LogP contribution in [0.1, 0.15) is 55.5 Å². The minimum Gasteiger partial charge on any atom is -0.386 e. The minimum absolute atomic E-state index is 0. The van der Waals surface area contributed by atoms with E-state index in [1.54, 1.807) is 0 Å². The van der Waals surface area contributed by atoms with E-state index in [4.69, 9.17) is 0 Å². The lowest BCUT2D eigenvalue weighted by Gasteiger charge is -2.22. The van der Waals surface area contributed by atoms with Crippen molar-refractivity contribution in [3.05, 3.63) is 65.2 Å². The van der Waals surface area contributed by atoms with E-state index in [0.717, 1.165) is 31.2 Å². The number of hydrogen-bond donors (Lipinski definition) is 3. The summed E-state index contributed by atoms with van der Waals surface area (Å²) >= 11 is 0. The third-order valence-electron chi connectivity index (χ3n) is 5.42. The van der Waals surface area contributed by atoms with Gasteiger partial charge in [0.2, 0.25) is 0 Å². The second-order valence-corrected chi connectivity index (χ2v) is 7.80. The van der Waals surface area contributed by atoms with Crippen LogP contribution in [0.2, 0.25) is 0 Å². The molecule has 30 heavy (non-hydrogen) atoms. The van der Waals surface area contributed by atoms with Gasteiger partial charge in [-0.1, -0.05) is 42.0 Å². The Hall–Kier alpha value is -1.80. The number of aryl methyl sites for hydroxylation is 1. The molecule has 5 nitrogen and oxygen atoms in total. The summed E-state index contributed by atoms with van der Waals surface area (Å²) in [6, 6.07) is 16.8. The van der Waals surface area contributed by atoms with Crippen molar-refractivity contribution in [3.63, 3.8) is 0 Å². The highest BCUT2D eigenvalue weighted by Crippen LogP contribution is 2.24. The first-order valence-electron chi connectivity index (χ1n) is 10.7. The van der Waals surface area contributed by atoms with Crippen molar-refractivity contribution in [2.75, 3.05) is 31.1 Å². The van der Waals surface area contributed by atoms with E-state index in [0.29, 0.717) is 6.54 Å². The summed E-state index contributed by atoms with van der Waals surface area (Å²) in [5.41, 5.74) is 4.61. The third-order valence-corrected chi connectivity index (χ3v) is 5.42. The number of guanidine groups is 1. The molecule has 0 spiro atoms. The van der Waals surface area contributed by atoms with Crippen molar-refractivity contribution in [2.45, 2.75) is 45.8 Å². The maximum Gasteiger partial charge on any atom is 0.191 e. The average molecular weight is 522 g/mol. The molecule has 1 heterocycles. The number of aliphatic hydroxyl groups excluding tert-OH is 1. The molecule has 2 atom stereocenters. The lowest BCUT2D eigenvalue weighted by atomic mass is 10.1. The Morgan fingerprint density at radius 3 is 2.47 bits per heavy atom. The summed E-state index contributed by atoms with van der Waals surface area (Å²) in [5, 5.41) is 17.2. The second kappa shape index (κ2) is 12.2. The standard InChI is InChI=1S/C24H34N4O.HI/c1-4-25-24(26-17-23(29)20-12-10-18(2)11-13-20)27-19(3)21-8-7-9-22(16-21)28-14-5-6-15-28;/h7-13,16,19,23,29H,4-6,14-15,17H2,1-3H3,(H2,25,26,27);1H. The van der Waals surface area contributed by atoms with E-state index < -0.39 is 6.10 Å². The first-order chi connectivity index (χ1) is 14.1. The first kappa shape index (κ1) is 24.5. The molecule has 1 saturated heterocycles. The molecule has 2 aromatic carbocycles. The van der Waals surface area contributed by atoms with Crippen LogP contribution in [0.4, 0.5) is 5.69 Å². The molecule has 0 radical (unpaired) electrons. The smallest absolute Gasteiger partial charge is 0.191 e. The van der Waals surface area contributed by atoms with Crippen LogP contribution >= 0.6 is 24.0 Å². The monoisotopic (exact) mass is 522 g/mol. The Balaban J connectivity index is 0.00000320. The molecule has 3 rings (SSSR count). The molecular formula is C24H35IN4O. The molecular weight excluding hydrogens is 487 g/mol. The fourth-order valence-corrected chi connectivity index (χ4v) is 3.65. The molecule has 3 N–H and O–H groups in total. The maximum atomic E-state index is 10.5. The van der Waals surface area contributed by atoms with Gasteiger partial charge in [-0.05, 0) is 56.9 Å². The van der Waals surface area contributed by atoms with Gasteiger partial charge in [0.05, 0.1) is 18.7 Å². The number of halogens is 1. The maximum absolute atomic E-state index is 10.5. The predicted molar refractivity (Wildman–Crippen MR) is 137 cm³/mol. The molecule has 0 saturated carbocycles. The fourth-order valence-electron chi connectivity index (χ4n) is 3.65. The van der Waals surface area contributed by atoms with Crippen LogP contribution in [0.25, 0.3) is 0 Å². The summed E-state index contributed by atoms with van der Waals surface area (Å²) in [7, 11) is 0. The molecule has 2 unspecified atom stereocenters. The molecule has 0 aromatic heterocycles. The van der Waals surface area contributed by atoms with Crippen LogP contribution in [0.5, 0.6) is 0 Å².